The number of nitrogens with two attached hydrogens (primary N) is 1. The number of aliphatic hydroxyl groups is 2. The van der Waals surface area contributed by atoms with E-state index in [2.05, 4.69) is 5.32 Å². The van der Waals surface area contributed by atoms with E-state index in [9.17, 15) is 9.90 Å². The zero-order valence-electron chi connectivity index (χ0n) is 8.13. The molecule has 5 nitrogen and oxygen atoms in total. The summed E-state index contributed by atoms with van der Waals surface area (Å²) in [6.07, 6.45) is -0.498. The van der Waals surface area contributed by atoms with Crippen molar-refractivity contribution in [2.24, 2.45) is 0 Å². The maximum Gasteiger partial charge on any atom is 0.207 e. The topological polar surface area (TPSA) is 95.6 Å². The summed E-state index contributed by atoms with van der Waals surface area (Å²) in [5, 5.41) is 21.1. The second-order valence-corrected chi connectivity index (χ2v) is 3.19. The van der Waals surface area contributed by atoms with Crippen molar-refractivity contribution < 1.29 is 15.0 Å². The van der Waals surface area contributed by atoms with Crippen LogP contribution in [0.15, 0.2) is 24.3 Å². The molecule has 0 bridgehead atoms. The molecule has 5 heteroatoms. The van der Waals surface area contributed by atoms with Gasteiger partial charge in [-0.15, -0.1) is 0 Å². The average molecular weight is 210 g/mol. The Morgan fingerprint density at radius 2 is 2.00 bits per heavy atom. The number of nitrogen functional groups attached to an aromatic ring is 1. The van der Waals surface area contributed by atoms with Crippen molar-refractivity contribution in [2.45, 2.75) is 12.1 Å². The van der Waals surface area contributed by atoms with Gasteiger partial charge in [-0.05, 0) is 17.7 Å². The normalized spacial score (nSPS) is 14.3. The first-order valence-electron chi connectivity index (χ1n) is 4.53. The van der Waals surface area contributed by atoms with E-state index in [1.807, 2.05) is 0 Å². The molecule has 0 saturated carbocycles. The SMILES string of the molecule is Nc1ccc([C@H](O)[C@H](CO)NC=O)cc1. The number of aliphatic hydroxyl groups excluding tert-OH is 2. The van der Waals surface area contributed by atoms with E-state index in [4.69, 9.17) is 10.8 Å². The quantitative estimate of drug-likeness (QED) is 0.386. The Morgan fingerprint density at radius 3 is 2.47 bits per heavy atom. The molecule has 0 heterocycles. The lowest BCUT2D eigenvalue weighted by Gasteiger charge is -2.20. The van der Waals surface area contributed by atoms with Gasteiger partial charge >= 0.3 is 0 Å². The Balaban J connectivity index is 2.77. The number of amides is 1. The van der Waals surface area contributed by atoms with E-state index in [0.717, 1.165) is 0 Å². The standard InChI is InChI=1S/C10H14N2O3/c11-8-3-1-7(2-4-8)10(15)9(5-13)12-6-14/h1-4,6,9-10,13,15H,5,11H2,(H,12,14)/t9-,10-/m0/s1. The molecule has 15 heavy (non-hydrogen) atoms. The van der Waals surface area contributed by atoms with Crippen LogP contribution in [0.25, 0.3) is 0 Å². The minimum Gasteiger partial charge on any atom is -0.399 e. The monoisotopic (exact) mass is 210 g/mol. The third-order valence-electron chi connectivity index (χ3n) is 2.14. The number of benzene rings is 1. The Hall–Kier alpha value is -1.59. The molecular formula is C10H14N2O3. The molecule has 0 unspecified atom stereocenters. The zero-order valence-corrected chi connectivity index (χ0v) is 8.13. The fraction of sp³-hybridized carbons (Fsp3) is 0.300. The average Bonchev–Trinajstić information content (AvgIpc) is 2.26. The summed E-state index contributed by atoms with van der Waals surface area (Å²) in [7, 11) is 0. The fourth-order valence-electron chi connectivity index (χ4n) is 1.26. The fourth-order valence-corrected chi connectivity index (χ4v) is 1.26. The number of nitrogens with one attached hydrogen (secondary N) is 1. The van der Waals surface area contributed by atoms with Gasteiger partial charge in [-0.2, -0.15) is 0 Å². The zero-order chi connectivity index (χ0) is 11.3. The van der Waals surface area contributed by atoms with Crippen LogP contribution in [0, 0.1) is 0 Å². The van der Waals surface area contributed by atoms with Crippen LogP contribution in [0.4, 0.5) is 5.69 Å². The minimum absolute atomic E-state index is 0.329. The molecule has 0 aromatic heterocycles. The highest BCUT2D eigenvalue weighted by molar-refractivity contribution is 5.47. The van der Waals surface area contributed by atoms with Gasteiger partial charge in [-0.1, -0.05) is 12.1 Å². The lowest BCUT2D eigenvalue weighted by atomic mass is 10.0. The molecule has 1 rings (SSSR count). The number of anilines is 1. The summed E-state index contributed by atoms with van der Waals surface area (Å²) in [5.41, 5.74) is 6.68. The van der Waals surface area contributed by atoms with Crippen LogP contribution in [-0.4, -0.2) is 29.3 Å². The Morgan fingerprint density at radius 1 is 1.40 bits per heavy atom. The summed E-state index contributed by atoms with van der Waals surface area (Å²) in [5.74, 6) is 0. The molecule has 1 amide bonds. The van der Waals surface area contributed by atoms with Crippen molar-refractivity contribution in [1.82, 2.24) is 5.32 Å². The second-order valence-electron chi connectivity index (χ2n) is 3.19. The van der Waals surface area contributed by atoms with Crippen molar-refractivity contribution in [3.05, 3.63) is 29.8 Å². The van der Waals surface area contributed by atoms with Crippen LogP contribution < -0.4 is 11.1 Å². The molecule has 0 aliphatic rings. The molecule has 2 atom stereocenters. The van der Waals surface area contributed by atoms with Gasteiger partial charge < -0.3 is 21.3 Å². The van der Waals surface area contributed by atoms with E-state index >= 15 is 0 Å². The first-order valence-corrected chi connectivity index (χ1v) is 4.53. The van der Waals surface area contributed by atoms with Gasteiger partial charge in [0.1, 0.15) is 6.10 Å². The molecule has 1 aromatic carbocycles. The number of hydrogen-bond acceptors (Lipinski definition) is 4. The molecule has 0 aliphatic heterocycles. The maximum absolute atomic E-state index is 10.2. The van der Waals surface area contributed by atoms with E-state index in [1.165, 1.54) is 0 Å². The van der Waals surface area contributed by atoms with Crippen molar-refractivity contribution in [1.29, 1.82) is 0 Å². The predicted octanol–water partition coefficient (Wildman–Crippen LogP) is -0.591. The van der Waals surface area contributed by atoms with E-state index in [-0.39, 0.29) is 6.61 Å². The second kappa shape index (κ2) is 5.33. The lowest BCUT2D eigenvalue weighted by Crippen LogP contribution is -2.37. The Bertz CT molecular complexity index is 313. The van der Waals surface area contributed by atoms with Crippen LogP contribution >= 0.6 is 0 Å². The molecule has 0 spiro atoms. The molecule has 0 radical (unpaired) electrons. The minimum atomic E-state index is -0.944. The summed E-state index contributed by atoms with van der Waals surface area (Å²) in [6, 6.07) is 5.89. The number of carbonyl (C=O) groups excluding carboxylic acids is 1. The van der Waals surface area contributed by atoms with Crippen LogP contribution in [0.3, 0.4) is 0 Å². The van der Waals surface area contributed by atoms with Crippen LogP contribution in [0.5, 0.6) is 0 Å². The number of rotatable bonds is 5. The highest BCUT2D eigenvalue weighted by atomic mass is 16.3. The largest absolute Gasteiger partial charge is 0.399 e. The molecular weight excluding hydrogens is 196 g/mol. The molecule has 5 N–H and O–H groups in total. The summed E-state index contributed by atoms with van der Waals surface area (Å²) >= 11 is 0. The molecule has 0 aliphatic carbocycles. The molecule has 0 fully saturated rings. The Kier molecular flexibility index (Phi) is 4.08. The highest BCUT2D eigenvalue weighted by Crippen LogP contribution is 2.17. The third-order valence-corrected chi connectivity index (χ3v) is 2.14. The molecule has 82 valence electrons. The number of carbonyl (C=O) groups is 1. The van der Waals surface area contributed by atoms with Crippen LogP contribution in [0.2, 0.25) is 0 Å². The van der Waals surface area contributed by atoms with Gasteiger partial charge in [0.05, 0.1) is 12.6 Å². The third kappa shape index (κ3) is 2.93. The number of hydrogen-bond donors (Lipinski definition) is 4. The smallest absolute Gasteiger partial charge is 0.207 e. The van der Waals surface area contributed by atoms with Crippen molar-refractivity contribution in [3.8, 4) is 0 Å². The van der Waals surface area contributed by atoms with Gasteiger partial charge in [0.25, 0.3) is 0 Å². The highest BCUT2D eigenvalue weighted by Gasteiger charge is 2.18. The van der Waals surface area contributed by atoms with Gasteiger partial charge in [0, 0.05) is 5.69 Å². The first-order chi connectivity index (χ1) is 7.19. The van der Waals surface area contributed by atoms with Crippen LogP contribution in [0.1, 0.15) is 11.7 Å². The first kappa shape index (κ1) is 11.5. The van der Waals surface area contributed by atoms with Crippen LogP contribution in [-0.2, 0) is 4.79 Å². The summed E-state index contributed by atoms with van der Waals surface area (Å²) < 4.78 is 0. The van der Waals surface area contributed by atoms with E-state index < -0.39 is 12.1 Å². The lowest BCUT2D eigenvalue weighted by molar-refractivity contribution is -0.111. The van der Waals surface area contributed by atoms with E-state index in [0.29, 0.717) is 17.7 Å². The molecule has 1 aromatic rings. The van der Waals surface area contributed by atoms with Gasteiger partial charge in [-0.25, -0.2) is 0 Å². The molecule has 0 saturated heterocycles. The predicted molar refractivity (Wildman–Crippen MR) is 55.9 cm³/mol. The van der Waals surface area contributed by atoms with E-state index in [1.54, 1.807) is 24.3 Å². The van der Waals surface area contributed by atoms with Gasteiger partial charge in [0.15, 0.2) is 0 Å². The van der Waals surface area contributed by atoms with Gasteiger partial charge in [0.2, 0.25) is 6.41 Å². The maximum atomic E-state index is 10.2. The van der Waals surface area contributed by atoms with Crippen molar-refractivity contribution >= 4 is 12.1 Å². The van der Waals surface area contributed by atoms with Gasteiger partial charge in [-0.3, -0.25) is 4.79 Å². The Labute approximate surface area is 87.5 Å². The summed E-state index contributed by atoms with van der Waals surface area (Å²) in [6.45, 7) is -0.329. The van der Waals surface area contributed by atoms with Crippen molar-refractivity contribution in [2.75, 3.05) is 12.3 Å². The summed E-state index contributed by atoms with van der Waals surface area (Å²) in [4.78, 5) is 10.2. The van der Waals surface area contributed by atoms with Crippen molar-refractivity contribution in [3.63, 3.8) is 0 Å².